The number of aromatic nitrogens is 2. The second-order valence-corrected chi connectivity index (χ2v) is 7.13. The third kappa shape index (κ3) is 2.55. The SMILES string of the molecule is COc1cccc2c1N(C(=O)c1cn(C)c3c(C)cn(C)c(=O)c13)CCC2. The summed E-state index contributed by atoms with van der Waals surface area (Å²) in [5.41, 5.74) is 3.97. The van der Waals surface area contributed by atoms with Gasteiger partial charge in [0.05, 0.1) is 29.3 Å². The number of nitrogens with zero attached hydrogens (tertiary/aromatic N) is 3. The maximum atomic E-state index is 13.5. The minimum Gasteiger partial charge on any atom is -0.495 e. The van der Waals surface area contributed by atoms with Crippen LogP contribution in [0.5, 0.6) is 5.75 Å². The molecular formula is C21H23N3O3. The number of para-hydroxylation sites is 1. The smallest absolute Gasteiger partial charge is 0.260 e. The highest BCUT2D eigenvalue weighted by molar-refractivity contribution is 6.15. The molecule has 0 radical (unpaired) electrons. The van der Waals surface area contributed by atoms with Gasteiger partial charge >= 0.3 is 0 Å². The van der Waals surface area contributed by atoms with Gasteiger partial charge in [-0.2, -0.15) is 0 Å². The van der Waals surface area contributed by atoms with Crippen LogP contribution in [0.15, 0.2) is 35.4 Å². The van der Waals surface area contributed by atoms with Crippen molar-refractivity contribution >= 4 is 22.5 Å². The molecule has 0 unspecified atom stereocenters. The number of carbonyl (C=O) groups is 1. The van der Waals surface area contributed by atoms with Crippen molar-refractivity contribution in [2.24, 2.45) is 14.1 Å². The number of fused-ring (bicyclic) bond motifs is 2. The van der Waals surface area contributed by atoms with Crippen molar-refractivity contribution in [2.75, 3.05) is 18.6 Å². The van der Waals surface area contributed by atoms with E-state index in [9.17, 15) is 9.59 Å². The molecule has 4 rings (SSSR count). The summed E-state index contributed by atoms with van der Waals surface area (Å²) >= 11 is 0. The minimum absolute atomic E-state index is 0.156. The van der Waals surface area contributed by atoms with Crippen molar-refractivity contribution in [1.29, 1.82) is 0 Å². The Morgan fingerprint density at radius 1 is 1.15 bits per heavy atom. The van der Waals surface area contributed by atoms with Gasteiger partial charge < -0.3 is 18.8 Å². The van der Waals surface area contributed by atoms with Crippen molar-refractivity contribution in [3.8, 4) is 5.75 Å². The van der Waals surface area contributed by atoms with Crippen LogP contribution >= 0.6 is 0 Å². The number of aryl methyl sites for hydroxylation is 4. The monoisotopic (exact) mass is 365 g/mol. The van der Waals surface area contributed by atoms with E-state index in [0.717, 1.165) is 35.2 Å². The Labute approximate surface area is 157 Å². The molecule has 1 aliphatic rings. The van der Waals surface area contributed by atoms with Crippen LogP contribution < -0.4 is 15.2 Å². The number of rotatable bonds is 2. The lowest BCUT2D eigenvalue weighted by Crippen LogP contribution is -2.36. The molecule has 0 saturated carbocycles. The predicted molar refractivity (Wildman–Crippen MR) is 106 cm³/mol. The lowest BCUT2D eigenvalue weighted by Gasteiger charge is -2.30. The zero-order chi connectivity index (χ0) is 19.3. The maximum absolute atomic E-state index is 13.5. The molecule has 0 atom stereocenters. The molecule has 0 spiro atoms. The highest BCUT2D eigenvalue weighted by Gasteiger charge is 2.29. The highest BCUT2D eigenvalue weighted by Crippen LogP contribution is 2.37. The van der Waals surface area contributed by atoms with E-state index in [2.05, 4.69) is 0 Å². The molecule has 27 heavy (non-hydrogen) atoms. The second-order valence-electron chi connectivity index (χ2n) is 7.13. The van der Waals surface area contributed by atoms with Gasteiger partial charge in [0.2, 0.25) is 0 Å². The first-order valence-corrected chi connectivity index (χ1v) is 9.07. The van der Waals surface area contributed by atoms with Crippen molar-refractivity contribution in [1.82, 2.24) is 9.13 Å². The summed E-state index contributed by atoms with van der Waals surface area (Å²) in [5, 5.41) is 0.479. The second kappa shape index (κ2) is 6.30. The first-order valence-electron chi connectivity index (χ1n) is 9.07. The third-order valence-electron chi connectivity index (χ3n) is 5.35. The number of benzene rings is 1. The van der Waals surface area contributed by atoms with Crippen LogP contribution in [0.2, 0.25) is 0 Å². The number of ether oxygens (including phenoxy) is 1. The Balaban J connectivity index is 1.93. The topological polar surface area (TPSA) is 56.5 Å². The molecule has 6 heteroatoms. The summed E-state index contributed by atoms with van der Waals surface area (Å²) in [5.74, 6) is 0.526. The molecule has 0 fully saturated rings. The number of pyridine rings is 1. The largest absolute Gasteiger partial charge is 0.495 e. The summed E-state index contributed by atoms with van der Waals surface area (Å²) in [6.45, 7) is 2.56. The van der Waals surface area contributed by atoms with Crippen molar-refractivity contribution < 1.29 is 9.53 Å². The van der Waals surface area contributed by atoms with Gasteiger partial charge in [0, 0.05) is 33.0 Å². The Morgan fingerprint density at radius 3 is 2.67 bits per heavy atom. The van der Waals surface area contributed by atoms with Crippen LogP contribution in [-0.4, -0.2) is 28.7 Å². The molecule has 1 aromatic carbocycles. The molecule has 6 nitrogen and oxygen atoms in total. The van der Waals surface area contributed by atoms with Gasteiger partial charge in [-0.3, -0.25) is 9.59 Å². The molecule has 0 bridgehead atoms. The van der Waals surface area contributed by atoms with E-state index in [1.54, 1.807) is 36.0 Å². The average Bonchev–Trinajstić information content (AvgIpc) is 3.02. The number of methoxy groups -OCH3 is 1. The normalized spacial score (nSPS) is 13.7. The highest BCUT2D eigenvalue weighted by atomic mass is 16.5. The molecule has 1 amide bonds. The molecule has 0 saturated heterocycles. The fourth-order valence-electron chi connectivity index (χ4n) is 4.20. The number of hydrogen-bond donors (Lipinski definition) is 0. The number of carbonyl (C=O) groups excluding carboxylic acids is 1. The van der Waals surface area contributed by atoms with E-state index in [1.807, 2.05) is 36.7 Å². The van der Waals surface area contributed by atoms with Gasteiger partial charge in [0.1, 0.15) is 5.75 Å². The van der Waals surface area contributed by atoms with Crippen LogP contribution in [-0.2, 0) is 20.5 Å². The summed E-state index contributed by atoms with van der Waals surface area (Å²) in [7, 11) is 5.20. The van der Waals surface area contributed by atoms with Crippen LogP contribution in [0.3, 0.4) is 0 Å². The predicted octanol–water partition coefficient (Wildman–Crippen LogP) is 2.79. The van der Waals surface area contributed by atoms with Crippen LogP contribution in [0.1, 0.15) is 27.9 Å². The molecule has 0 aliphatic carbocycles. The third-order valence-corrected chi connectivity index (χ3v) is 5.35. The summed E-state index contributed by atoms with van der Waals surface area (Å²) < 4.78 is 8.93. The van der Waals surface area contributed by atoms with Crippen molar-refractivity contribution in [3.63, 3.8) is 0 Å². The summed E-state index contributed by atoms with van der Waals surface area (Å²) in [4.78, 5) is 28.1. The summed E-state index contributed by atoms with van der Waals surface area (Å²) in [6.07, 6.45) is 5.36. The molecule has 3 aromatic rings. The van der Waals surface area contributed by atoms with Gasteiger partial charge in [-0.25, -0.2) is 0 Å². The van der Waals surface area contributed by atoms with Gasteiger partial charge in [-0.15, -0.1) is 0 Å². The lowest BCUT2D eigenvalue weighted by molar-refractivity contribution is 0.0985. The van der Waals surface area contributed by atoms with Crippen molar-refractivity contribution in [2.45, 2.75) is 19.8 Å². The molecule has 1 aliphatic heterocycles. The van der Waals surface area contributed by atoms with Gasteiger partial charge in [0.25, 0.3) is 11.5 Å². The first kappa shape index (κ1) is 17.4. The zero-order valence-corrected chi connectivity index (χ0v) is 16.1. The van der Waals surface area contributed by atoms with Gasteiger partial charge in [-0.1, -0.05) is 12.1 Å². The minimum atomic E-state index is -0.159. The molecule has 140 valence electrons. The van der Waals surface area contributed by atoms with E-state index < -0.39 is 0 Å². The van der Waals surface area contributed by atoms with Crippen LogP contribution in [0.25, 0.3) is 10.9 Å². The zero-order valence-electron chi connectivity index (χ0n) is 16.1. The number of amides is 1. The average molecular weight is 365 g/mol. The van der Waals surface area contributed by atoms with E-state index in [4.69, 9.17) is 4.74 Å². The Hall–Kier alpha value is -3.02. The Morgan fingerprint density at radius 2 is 1.93 bits per heavy atom. The van der Waals surface area contributed by atoms with Crippen molar-refractivity contribution in [3.05, 3.63) is 57.6 Å². The van der Waals surface area contributed by atoms with Crippen LogP contribution in [0.4, 0.5) is 5.69 Å². The number of hydrogen-bond acceptors (Lipinski definition) is 3. The lowest BCUT2D eigenvalue weighted by atomic mass is 10.00. The number of anilines is 1. The van der Waals surface area contributed by atoms with E-state index in [0.29, 0.717) is 23.2 Å². The first-order chi connectivity index (χ1) is 12.9. The van der Waals surface area contributed by atoms with E-state index >= 15 is 0 Å². The maximum Gasteiger partial charge on any atom is 0.260 e. The molecule has 0 N–H and O–H groups in total. The fraction of sp³-hybridized carbons (Fsp3) is 0.333. The molecule has 3 heterocycles. The van der Waals surface area contributed by atoms with E-state index in [-0.39, 0.29) is 11.5 Å². The fourth-order valence-corrected chi connectivity index (χ4v) is 4.20. The Bertz CT molecular complexity index is 1110. The standard InChI is InChI=1S/C21H23N3O3/c1-13-11-23(3)21(26)17-15(12-22(2)18(13)17)20(25)24-10-6-8-14-7-5-9-16(27-4)19(14)24/h5,7,9,11-12H,6,8,10H2,1-4H3. The van der Waals surface area contributed by atoms with E-state index in [1.165, 1.54) is 0 Å². The van der Waals surface area contributed by atoms with Crippen LogP contribution in [0, 0.1) is 6.92 Å². The van der Waals surface area contributed by atoms with Gasteiger partial charge in [0.15, 0.2) is 0 Å². The molecular weight excluding hydrogens is 342 g/mol. The summed E-state index contributed by atoms with van der Waals surface area (Å²) in [6, 6.07) is 5.85. The van der Waals surface area contributed by atoms with Gasteiger partial charge in [-0.05, 0) is 37.0 Å². The molecule has 2 aromatic heterocycles. The Kier molecular flexibility index (Phi) is 4.06. The quantitative estimate of drug-likeness (QED) is 0.702.